The van der Waals surface area contributed by atoms with Crippen molar-refractivity contribution in [3.63, 3.8) is 0 Å². The molecule has 84 valence electrons. The van der Waals surface area contributed by atoms with Crippen molar-refractivity contribution < 1.29 is 4.74 Å². The van der Waals surface area contributed by atoms with E-state index in [4.69, 9.17) is 4.74 Å². The Morgan fingerprint density at radius 1 is 1.57 bits per heavy atom. The van der Waals surface area contributed by atoms with Crippen molar-refractivity contribution in [3.05, 3.63) is 0 Å². The van der Waals surface area contributed by atoms with E-state index < -0.39 is 0 Å². The normalized spacial score (nSPS) is 24.9. The Morgan fingerprint density at radius 2 is 2.43 bits per heavy atom. The smallest absolute Gasteiger partial charge is 0.0509 e. The molecule has 0 amide bonds. The lowest BCUT2D eigenvalue weighted by Gasteiger charge is -2.30. The zero-order valence-corrected chi connectivity index (χ0v) is 10.2. The molecule has 0 aromatic carbocycles. The predicted molar refractivity (Wildman–Crippen MR) is 64.0 cm³/mol. The fourth-order valence-electron chi connectivity index (χ4n) is 1.95. The molecule has 1 saturated heterocycles. The molecule has 0 radical (unpaired) electrons. The zero-order valence-electron chi connectivity index (χ0n) is 9.42. The summed E-state index contributed by atoms with van der Waals surface area (Å²) in [7, 11) is 0. The van der Waals surface area contributed by atoms with Crippen LogP contribution in [0.25, 0.3) is 0 Å². The maximum absolute atomic E-state index is 5.54. The van der Waals surface area contributed by atoms with E-state index in [1.165, 1.54) is 25.0 Å². The maximum atomic E-state index is 5.54. The Labute approximate surface area is 92.2 Å². The molecule has 1 aliphatic heterocycles. The molecule has 1 rings (SSSR count). The van der Waals surface area contributed by atoms with Gasteiger partial charge >= 0.3 is 0 Å². The van der Waals surface area contributed by atoms with Crippen LogP contribution in [0.1, 0.15) is 26.2 Å². The van der Waals surface area contributed by atoms with Gasteiger partial charge in [0.2, 0.25) is 0 Å². The van der Waals surface area contributed by atoms with Crippen molar-refractivity contribution in [1.82, 2.24) is 5.32 Å². The largest absolute Gasteiger partial charge is 0.381 e. The number of thioether (sulfide) groups is 1. The van der Waals surface area contributed by atoms with Crippen LogP contribution in [0.3, 0.4) is 0 Å². The first kappa shape index (κ1) is 12.3. The number of hydrogen-bond donors (Lipinski definition) is 1. The molecule has 0 spiro atoms. The number of rotatable bonds is 6. The van der Waals surface area contributed by atoms with E-state index in [1.54, 1.807) is 0 Å². The van der Waals surface area contributed by atoms with Crippen LogP contribution in [0.4, 0.5) is 0 Å². The fraction of sp³-hybridized carbons (Fsp3) is 1.00. The van der Waals surface area contributed by atoms with Crippen molar-refractivity contribution in [2.24, 2.45) is 5.92 Å². The first-order valence-electron chi connectivity index (χ1n) is 5.68. The lowest BCUT2D eigenvalue weighted by molar-refractivity contribution is 0.0427. The highest BCUT2D eigenvalue weighted by Crippen LogP contribution is 2.19. The molecule has 0 aliphatic carbocycles. The SMILES string of the molecule is CCCNC(CSC)C1CCCOC1. The van der Waals surface area contributed by atoms with E-state index in [0.29, 0.717) is 6.04 Å². The van der Waals surface area contributed by atoms with Crippen molar-refractivity contribution in [2.45, 2.75) is 32.2 Å². The molecule has 0 saturated carbocycles. The van der Waals surface area contributed by atoms with Gasteiger partial charge in [-0.3, -0.25) is 0 Å². The number of hydrogen-bond acceptors (Lipinski definition) is 3. The Kier molecular flexibility index (Phi) is 6.65. The van der Waals surface area contributed by atoms with Crippen LogP contribution in [0.2, 0.25) is 0 Å². The molecule has 0 bridgehead atoms. The third kappa shape index (κ3) is 4.20. The summed E-state index contributed by atoms with van der Waals surface area (Å²) in [6.45, 7) is 5.29. The molecule has 14 heavy (non-hydrogen) atoms. The van der Waals surface area contributed by atoms with Crippen LogP contribution in [0, 0.1) is 5.92 Å². The quantitative estimate of drug-likeness (QED) is 0.736. The van der Waals surface area contributed by atoms with Gasteiger partial charge in [0.25, 0.3) is 0 Å². The molecule has 0 aromatic heterocycles. The zero-order chi connectivity index (χ0) is 10.2. The molecule has 2 nitrogen and oxygen atoms in total. The molecule has 1 fully saturated rings. The van der Waals surface area contributed by atoms with E-state index >= 15 is 0 Å². The van der Waals surface area contributed by atoms with Crippen LogP contribution in [-0.2, 0) is 4.74 Å². The summed E-state index contributed by atoms with van der Waals surface area (Å²) >= 11 is 1.94. The molecular weight excluding hydrogens is 194 g/mol. The summed E-state index contributed by atoms with van der Waals surface area (Å²) in [5.74, 6) is 1.95. The van der Waals surface area contributed by atoms with Gasteiger partial charge in [0.1, 0.15) is 0 Å². The summed E-state index contributed by atoms with van der Waals surface area (Å²) in [4.78, 5) is 0. The Hall–Kier alpha value is 0.270. The molecule has 3 heteroatoms. The second kappa shape index (κ2) is 7.55. The van der Waals surface area contributed by atoms with Crippen molar-refractivity contribution in [2.75, 3.05) is 31.8 Å². The van der Waals surface area contributed by atoms with Crippen LogP contribution >= 0.6 is 11.8 Å². The molecule has 1 N–H and O–H groups in total. The highest BCUT2D eigenvalue weighted by molar-refractivity contribution is 7.98. The van der Waals surface area contributed by atoms with E-state index in [2.05, 4.69) is 18.5 Å². The van der Waals surface area contributed by atoms with Gasteiger partial charge in [0, 0.05) is 18.4 Å². The third-order valence-corrected chi connectivity index (χ3v) is 3.46. The minimum atomic E-state index is 0.658. The maximum Gasteiger partial charge on any atom is 0.0509 e. The Balaban J connectivity index is 2.30. The van der Waals surface area contributed by atoms with Gasteiger partial charge < -0.3 is 10.1 Å². The van der Waals surface area contributed by atoms with Gasteiger partial charge in [0.15, 0.2) is 0 Å². The first-order valence-corrected chi connectivity index (χ1v) is 7.08. The first-order chi connectivity index (χ1) is 6.88. The lowest BCUT2D eigenvalue weighted by atomic mass is 9.95. The van der Waals surface area contributed by atoms with Gasteiger partial charge in [-0.2, -0.15) is 11.8 Å². The van der Waals surface area contributed by atoms with Gasteiger partial charge in [-0.25, -0.2) is 0 Å². The highest BCUT2D eigenvalue weighted by Gasteiger charge is 2.22. The average molecular weight is 217 g/mol. The topological polar surface area (TPSA) is 21.3 Å². The van der Waals surface area contributed by atoms with E-state index in [0.717, 1.165) is 25.7 Å². The molecule has 1 aliphatic rings. The Morgan fingerprint density at radius 3 is 3.00 bits per heavy atom. The Bertz CT molecular complexity index is 137. The fourth-order valence-corrected chi connectivity index (χ4v) is 2.70. The summed E-state index contributed by atoms with van der Waals surface area (Å²) in [6, 6.07) is 0.658. The van der Waals surface area contributed by atoms with Crippen molar-refractivity contribution in [1.29, 1.82) is 0 Å². The minimum Gasteiger partial charge on any atom is -0.381 e. The van der Waals surface area contributed by atoms with Crippen molar-refractivity contribution >= 4 is 11.8 Å². The van der Waals surface area contributed by atoms with Crippen molar-refractivity contribution in [3.8, 4) is 0 Å². The van der Waals surface area contributed by atoms with Crippen LogP contribution in [-0.4, -0.2) is 37.8 Å². The summed E-state index contributed by atoms with van der Waals surface area (Å²) < 4.78 is 5.54. The highest BCUT2D eigenvalue weighted by atomic mass is 32.2. The predicted octanol–water partition coefficient (Wildman–Crippen LogP) is 2.14. The minimum absolute atomic E-state index is 0.658. The lowest BCUT2D eigenvalue weighted by Crippen LogP contribution is -2.42. The average Bonchev–Trinajstić information content (AvgIpc) is 2.25. The van der Waals surface area contributed by atoms with Crippen LogP contribution < -0.4 is 5.32 Å². The molecule has 1 heterocycles. The second-order valence-corrected chi connectivity index (χ2v) is 4.90. The third-order valence-electron chi connectivity index (χ3n) is 2.77. The molecule has 2 unspecified atom stereocenters. The summed E-state index contributed by atoms with van der Waals surface area (Å²) in [6.07, 6.45) is 5.98. The molecule has 2 atom stereocenters. The van der Waals surface area contributed by atoms with Crippen LogP contribution in [0.15, 0.2) is 0 Å². The van der Waals surface area contributed by atoms with Gasteiger partial charge in [0.05, 0.1) is 6.61 Å². The standard InChI is InChI=1S/C11H23NOS/c1-3-6-12-11(9-14-2)10-5-4-7-13-8-10/h10-12H,3-9H2,1-2H3. The van der Waals surface area contributed by atoms with Gasteiger partial charge in [-0.1, -0.05) is 6.92 Å². The van der Waals surface area contributed by atoms with Gasteiger partial charge in [-0.05, 0) is 38.0 Å². The molecular formula is C11H23NOS. The summed E-state index contributed by atoms with van der Waals surface area (Å²) in [5.41, 5.74) is 0. The summed E-state index contributed by atoms with van der Waals surface area (Å²) in [5, 5.41) is 3.64. The van der Waals surface area contributed by atoms with Gasteiger partial charge in [-0.15, -0.1) is 0 Å². The number of nitrogens with one attached hydrogen (secondary N) is 1. The monoisotopic (exact) mass is 217 g/mol. The van der Waals surface area contributed by atoms with E-state index in [9.17, 15) is 0 Å². The second-order valence-electron chi connectivity index (χ2n) is 3.99. The van der Waals surface area contributed by atoms with E-state index in [1.807, 2.05) is 11.8 Å². The van der Waals surface area contributed by atoms with Crippen LogP contribution in [0.5, 0.6) is 0 Å². The van der Waals surface area contributed by atoms with E-state index in [-0.39, 0.29) is 0 Å². The number of ether oxygens (including phenoxy) is 1. The molecule has 0 aromatic rings.